The number of rotatable bonds is 22. The third-order valence-corrected chi connectivity index (χ3v) is 18.3. The van der Waals surface area contributed by atoms with Crippen molar-refractivity contribution in [1.82, 2.24) is 51.7 Å². The van der Waals surface area contributed by atoms with Gasteiger partial charge in [-0.2, -0.15) is 0 Å². The van der Waals surface area contributed by atoms with E-state index in [-0.39, 0.29) is 58.6 Å². The van der Waals surface area contributed by atoms with Crippen LogP contribution >= 0.6 is 22.7 Å². The molecule has 0 spiro atoms. The predicted octanol–water partition coefficient (Wildman–Crippen LogP) is 6.32. The second-order valence-electron chi connectivity index (χ2n) is 22.8. The minimum atomic E-state index is -0.792. The Kier molecular flexibility index (Phi) is 20.8. The van der Waals surface area contributed by atoms with Crippen LogP contribution in [-0.2, 0) is 28.8 Å². The predicted molar refractivity (Wildman–Crippen MR) is 314 cm³/mol. The van der Waals surface area contributed by atoms with Gasteiger partial charge in [0.15, 0.2) is 10.0 Å². The molecule has 436 valence electrons. The monoisotopic (exact) mass is 1150 g/mol. The standard InChI is InChI=1S/C59H80N12O8S2/c1-35(60-5)47(72)64-45(39-25-15-9-16-26-39)57(78)70-31-19-29-41(70)49(74)68-53-43(37-21-11-7-12-22-37)66-55(80-53)51(76)62-33-59(3,4)34-63-52(77)56-67-44(38-23-13-8-14-24-38)54(81-56)69-50(75)42-30-20-32-71(42)58(79)46(40-27-17-10-18-28-40)65-48(73)36(2)61-6/h7-8,11-14,21-24,35-36,39-42,45-46,60-61H,9-10,15-20,25-34H2,1-6H3,(H,62,76)(H,63,77)(H,64,72)(H,65,73)(H,68,74)(H,69,75)/t35-,36-,41-,42-,45-,46-/m0/s1. The molecule has 2 saturated carbocycles. The number of thiazole rings is 2. The summed E-state index contributed by atoms with van der Waals surface area (Å²) in [6.45, 7) is 8.27. The number of aromatic nitrogens is 2. The topological polar surface area (TPSA) is 265 Å². The number of nitrogens with one attached hydrogen (secondary N) is 8. The summed E-state index contributed by atoms with van der Waals surface area (Å²) < 4.78 is 0. The molecule has 2 saturated heterocycles. The molecular weight excluding hydrogens is 1070 g/mol. The van der Waals surface area contributed by atoms with E-state index in [1.165, 1.54) is 0 Å². The van der Waals surface area contributed by atoms with Gasteiger partial charge in [0.25, 0.3) is 11.8 Å². The molecule has 81 heavy (non-hydrogen) atoms. The van der Waals surface area contributed by atoms with E-state index >= 15 is 0 Å². The second kappa shape index (κ2) is 27.9. The van der Waals surface area contributed by atoms with Crippen LogP contribution in [0.25, 0.3) is 22.5 Å². The van der Waals surface area contributed by atoms with Crippen LogP contribution in [0.15, 0.2) is 60.7 Å². The highest BCUT2D eigenvalue weighted by Gasteiger charge is 2.43. The minimum Gasteiger partial charge on any atom is -0.349 e. The number of nitrogens with zero attached hydrogens (tertiary/aromatic N) is 4. The Morgan fingerprint density at radius 1 is 0.543 bits per heavy atom. The fraction of sp³-hybridized carbons (Fsp3) is 0.559. The molecule has 4 fully saturated rings. The van der Waals surface area contributed by atoms with Crippen molar-refractivity contribution in [2.75, 3.05) is 50.9 Å². The molecule has 0 bridgehead atoms. The van der Waals surface area contributed by atoms with E-state index in [4.69, 9.17) is 9.97 Å². The summed E-state index contributed by atoms with van der Waals surface area (Å²) in [4.78, 5) is 124. The fourth-order valence-electron chi connectivity index (χ4n) is 11.3. The van der Waals surface area contributed by atoms with Gasteiger partial charge >= 0.3 is 0 Å². The van der Waals surface area contributed by atoms with Gasteiger partial charge in [0, 0.05) is 37.3 Å². The lowest BCUT2D eigenvalue weighted by Crippen LogP contribution is -2.57. The number of hydrogen-bond donors (Lipinski definition) is 8. The average molecular weight is 1150 g/mol. The molecule has 22 heteroatoms. The van der Waals surface area contributed by atoms with Gasteiger partial charge in [-0.1, -0.05) is 136 Å². The summed E-state index contributed by atoms with van der Waals surface area (Å²) in [5, 5.41) is 24.9. The number of carbonyl (C=O) groups is 8. The lowest BCUT2D eigenvalue weighted by Gasteiger charge is -2.35. The van der Waals surface area contributed by atoms with Crippen molar-refractivity contribution in [1.29, 1.82) is 0 Å². The summed E-state index contributed by atoms with van der Waals surface area (Å²) in [5.41, 5.74) is 1.49. The summed E-state index contributed by atoms with van der Waals surface area (Å²) in [6.07, 6.45) is 11.4. The number of benzene rings is 2. The van der Waals surface area contributed by atoms with Gasteiger partial charge in [-0.25, -0.2) is 9.97 Å². The van der Waals surface area contributed by atoms with Crippen LogP contribution in [0.5, 0.6) is 0 Å². The maximum Gasteiger partial charge on any atom is 0.280 e. The molecule has 8 N–H and O–H groups in total. The van der Waals surface area contributed by atoms with Crippen molar-refractivity contribution in [2.24, 2.45) is 17.3 Å². The van der Waals surface area contributed by atoms with E-state index in [9.17, 15) is 38.4 Å². The van der Waals surface area contributed by atoms with Crippen LogP contribution in [0.3, 0.4) is 0 Å². The van der Waals surface area contributed by atoms with Crippen molar-refractivity contribution in [3.8, 4) is 22.5 Å². The van der Waals surface area contributed by atoms with Crippen molar-refractivity contribution in [3.05, 3.63) is 70.7 Å². The zero-order valence-corrected chi connectivity index (χ0v) is 49.1. The Labute approximate surface area is 482 Å². The Morgan fingerprint density at radius 2 is 0.914 bits per heavy atom. The molecule has 2 aromatic heterocycles. The van der Waals surface area contributed by atoms with E-state index in [0.29, 0.717) is 71.3 Å². The van der Waals surface area contributed by atoms with E-state index in [1.807, 2.05) is 74.5 Å². The summed E-state index contributed by atoms with van der Waals surface area (Å²) >= 11 is 2.06. The minimum absolute atomic E-state index is 0.0336. The molecule has 0 radical (unpaired) electrons. The highest BCUT2D eigenvalue weighted by atomic mass is 32.1. The molecule has 2 aliphatic heterocycles. The number of carbonyl (C=O) groups excluding carboxylic acids is 8. The van der Waals surface area contributed by atoms with E-state index in [2.05, 4.69) is 42.5 Å². The lowest BCUT2D eigenvalue weighted by molar-refractivity contribution is -0.142. The first-order chi connectivity index (χ1) is 39.0. The fourth-order valence-corrected chi connectivity index (χ4v) is 13.1. The first-order valence-electron chi connectivity index (χ1n) is 28.8. The first-order valence-corrected chi connectivity index (χ1v) is 30.5. The van der Waals surface area contributed by atoms with Gasteiger partial charge in [0.1, 0.15) is 45.6 Å². The van der Waals surface area contributed by atoms with Crippen LogP contribution in [0.1, 0.15) is 137 Å². The molecule has 6 atom stereocenters. The van der Waals surface area contributed by atoms with Gasteiger partial charge < -0.3 is 52.3 Å². The van der Waals surface area contributed by atoms with Crippen molar-refractivity contribution in [2.45, 2.75) is 154 Å². The Hall–Kier alpha value is -6.62. The van der Waals surface area contributed by atoms with Gasteiger partial charge in [-0.15, -0.1) is 0 Å². The first kappa shape index (κ1) is 60.5. The molecule has 20 nitrogen and oxygen atoms in total. The molecule has 4 aromatic rings. The van der Waals surface area contributed by atoms with Crippen molar-refractivity contribution >= 4 is 79.9 Å². The van der Waals surface area contributed by atoms with Gasteiger partial charge in [-0.05, 0) is 96.6 Å². The number of likely N-dealkylation sites (tertiary alicyclic amines) is 2. The number of anilines is 2. The van der Waals surface area contributed by atoms with Crippen LogP contribution < -0.4 is 42.5 Å². The smallest absolute Gasteiger partial charge is 0.280 e. The molecule has 4 aliphatic rings. The second-order valence-corrected chi connectivity index (χ2v) is 24.8. The lowest BCUT2D eigenvalue weighted by atomic mass is 9.83. The number of amides is 8. The maximum atomic E-state index is 14.4. The molecular formula is C59H80N12O8S2. The number of likely N-dealkylation sites (N-methyl/N-ethyl adjacent to an activating group) is 2. The molecule has 8 rings (SSSR count). The van der Waals surface area contributed by atoms with Crippen LogP contribution in [0, 0.1) is 17.3 Å². The maximum absolute atomic E-state index is 14.4. The Balaban J connectivity index is 0.916. The van der Waals surface area contributed by atoms with Crippen LogP contribution in [0.2, 0.25) is 0 Å². The van der Waals surface area contributed by atoms with Crippen LogP contribution in [-0.4, -0.2) is 144 Å². The van der Waals surface area contributed by atoms with Gasteiger partial charge in [-0.3, -0.25) is 38.4 Å². The van der Waals surface area contributed by atoms with Crippen molar-refractivity contribution in [3.63, 3.8) is 0 Å². The average Bonchev–Trinajstić information content (AvgIpc) is 4.42. The highest BCUT2D eigenvalue weighted by Crippen LogP contribution is 2.37. The highest BCUT2D eigenvalue weighted by molar-refractivity contribution is 7.18. The quantitative estimate of drug-likeness (QED) is 0.0430. The zero-order valence-electron chi connectivity index (χ0n) is 47.5. The van der Waals surface area contributed by atoms with Crippen LogP contribution in [0.4, 0.5) is 10.0 Å². The number of hydrogen-bond acceptors (Lipinski definition) is 14. The van der Waals surface area contributed by atoms with E-state index in [0.717, 1.165) is 86.9 Å². The summed E-state index contributed by atoms with van der Waals surface area (Å²) in [7, 11) is 3.39. The normalized spacial score (nSPS) is 19.4. The van der Waals surface area contributed by atoms with Gasteiger partial charge in [0.2, 0.25) is 35.4 Å². The van der Waals surface area contributed by atoms with E-state index in [1.54, 1.807) is 37.7 Å². The third kappa shape index (κ3) is 15.1. The Bertz CT molecular complexity index is 2680. The van der Waals surface area contributed by atoms with Gasteiger partial charge in [0.05, 0.1) is 12.1 Å². The molecule has 8 amide bonds. The SMILES string of the molecule is CN[C@@H](C)C(=O)N[C@H](C(=O)N1CCC[C@H]1C(=O)Nc1sc(C(=O)NCC(C)(C)CNC(=O)c2nc(-c3ccccc3)c(NC(=O)[C@@H]3CCCN3C(=O)[C@@H](NC(=O)[C@H](C)NC)C3CCCCC3)s2)nc1-c1ccccc1)C1CCCCC1. The van der Waals surface area contributed by atoms with E-state index < -0.39 is 65.3 Å². The largest absolute Gasteiger partial charge is 0.349 e. The molecule has 4 heterocycles. The summed E-state index contributed by atoms with van der Waals surface area (Å²) in [5.74, 6) is -2.89. The zero-order chi connectivity index (χ0) is 57.8. The Morgan fingerprint density at radius 3 is 1.27 bits per heavy atom. The van der Waals surface area contributed by atoms with Crippen molar-refractivity contribution < 1.29 is 38.4 Å². The third-order valence-electron chi connectivity index (χ3n) is 16.4. The molecule has 0 unspecified atom stereocenters. The molecule has 2 aromatic carbocycles. The molecule has 2 aliphatic carbocycles. The summed E-state index contributed by atoms with van der Waals surface area (Å²) in [6, 6.07) is 14.3.